The van der Waals surface area contributed by atoms with E-state index in [0.29, 0.717) is 5.56 Å². The van der Waals surface area contributed by atoms with Gasteiger partial charge in [0.2, 0.25) is 5.11 Å². The molecule has 1 heterocycles. The van der Waals surface area contributed by atoms with Crippen molar-refractivity contribution in [2.24, 2.45) is 12.0 Å². The van der Waals surface area contributed by atoms with E-state index >= 15 is 0 Å². The molecule has 0 radical (unpaired) electrons. The highest BCUT2D eigenvalue weighted by Gasteiger charge is 2.11. The predicted molar refractivity (Wildman–Crippen MR) is 134 cm³/mol. The van der Waals surface area contributed by atoms with Crippen LogP contribution in [0.5, 0.6) is 0 Å². The maximum atomic E-state index is 12.6. The first-order chi connectivity index (χ1) is 15.0. The van der Waals surface area contributed by atoms with Gasteiger partial charge in [0.15, 0.2) is 4.80 Å². The van der Waals surface area contributed by atoms with Crippen molar-refractivity contribution in [3.05, 3.63) is 71.0 Å². The maximum Gasteiger partial charge on any atom is 0.257 e. The Hall–Kier alpha value is -3.03. The van der Waals surface area contributed by atoms with E-state index in [4.69, 9.17) is 12.2 Å². The van der Waals surface area contributed by atoms with E-state index in [2.05, 4.69) is 53.3 Å². The molecule has 1 aromatic heterocycles. The Morgan fingerprint density at radius 3 is 2.48 bits per heavy atom. The van der Waals surface area contributed by atoms with Crippen LogP contribution in [-0.4, -0.2) is 28.7 Å². The Morgan fingerprint density at radius 1 is 1.06 bits per heavy atom. The standard InChI is InChI=1S/C24H24N4OS2/c1-4-28(5-2)18-13-10-17(11-14-18)22(29)25-23(30)26-24-27(3)20-15-12-16-8-6-7-9-19(16)21(20)31-24/h6-15H,4-5H2,1-3H3,(H,25,29,30). The summed E-state index contributed by atoms with van der Waals surface area (Å²) in [6.45, 7) is 6.07. The van der Waals surface area contributed by atoms with Crippen LogP contribution in [0.2, 0.25) is 0 Å². The lowest BCUT2D eigenvalue weighted by Gasteiger charge is -2.20. The molecule has 158 valence electrons. The number of hydrogen-bond acceptors (Lipinski definition) is 4. The number of anilines is 1. The van der Waals surface area contributed by atoms with Gasteiger partial charge >= 0.3 is 0 Å². The summed E-state index contributed by atoms with van der Waals surface area (Å²) in [5, 5.41) is 5.27. The largest absolute Gasteiger partial charge is 0.372 e. The summed E-state index contributed by atoms with van der Waals surface area (Å²) in [6.07, 6.45) is 0. The smallest absolute Gasteiger partial charge is 0.257 e. The first-order valence-electron chi connectivity index (χ1n) is 10.2. The number of rotatable bonds is 4. The van der Waals surface area contributed by atoms with Crippen LogP contribution in [0.25, 0.3) is 21.0 Å². The lowest BCUT2D eigenvalue weighted by molar-refractivity contribution is 0.0977. The second-order valence-electron chi connectivity index (χ2n) is 7.17. The van der Waals surface area contributed by atoms with Gasteiger partial charge < -0.3 is 9.47 Å². The highest BCUT2D eigenvalue weighted by Crippen LogP contribution is 2.27. The third kappa shape index (κ3) is 4.24. The van der Waals surface area contributed by atoms with Crippen LogP contribution >= 0.6 is 23.6 Å². The number of thiocarbonyl (C=S) groups is 1. The molecule has 0 bridgehead atoms. The van der Waals surface area contributed by atoms with Gasteiger partial charge in [0.05, 0.1) is 10.2 Å². The van der Waals surface area contributed by atoms with E-state index in [1.54, 1.807) is 11.3 Å². The van der Waals surface area contributed by atoms with Crippen LogP contribution in [-0.2, 0) is 7.05 Å². The minimum absolute atomic E-state index is 0.157. The SMILES string of the molecule is CCN(CC)c1ccc(C(=O)NC(=S)N=c2sc3c4ccccc4ccc3n2C)cc1. The van der Waals surface area contributed by atoms with Crippen molar-refractivity contribution >= 4 is 61.3 Å². The maximum absolute atomic E-state index is 12.6. The van der Waals surface area contributed by atoms with Crippen LogP contribution in [0.3, 0.4) is 0 Å². The molecule has 0 aliphatic carbocycles. The van der Waals surface area contributed by atoms with Gasteiger partial charge in [-0.3, -0.25) is 10.1 Å². The third-order valence-corrected chi connectivity index (χ3v) is 6.75. The quantitative estimate of drug-likeness (QED) is 0.454. The number of fused-ring (bicyclic) bond motifs is 3. The normalized spacial score (nSPS) is 11.8. The van der Waals surface area contributed by atoms with Crippen molar-refractivity contribution in [3.63, 3.8) is 0 Å². The summed E-state index contributed by atoms with van der Waals surface area (Å²) < 4.78 is 3.16. The third-order valence-electron chi connectivity index (χ3n) is 5.38. The average molecular weight is 449 g/mol. The van der Waals surface area contributed by atoms with Crippen LogP contribution in [0, 0.1) is 0 Å². The van der Waals surface area contributed by atoms with E-state index in [9.17, 15) is 4.79 Å². The van der Waals surface area contributed by atoms with Crippen molar-refractivity contribution in [3.8, 4) is 0 Å². The second kappa shape index (κ2) is 8.99. The van der Waals surface area contributed by atoms with Crippen molar-refractivity contribution in [2.75, 3.05) is 18.0 Å². The van der Waals surface area contributed by atoms with Gasteiger partial charge in [-0.25, -0.2) is 0 Å². The van der Waals surface area contributed by atoms with Crippen molar-refractivity contribution in [1.29, 1.82) is 0 Å². The molecule has 0 aliphatic heterocycles. The Labute approximate surface area is 190 Å². The fourth-order valence-electron chi connectivity index (χ4n) is 3.66. The Morgan fingerprint density at radius 2 is 1.77 bits per heavy atom. The number of aryl methyl sites for hydroxylation is 1. The van der Waals surface area contributed by atoms with Crippen molar-refractivity contribution in [1.82, 2.24) is 9.88 Å². The van der Waals surface area contributed by atoms with Gasteiger partial charge in [0.1, 0.15) is 0 Å². The number of nitrogens with zero attached hydrogens (tertiary/aromatic N) is 3. The van der Waals surface area contributed by atoms with Gasteiger partial charge in [-0.1, -0.05) is 41.7 Å². The fourth-order valence-corrected chi connectivity index (χ4v) is 5.06. The number of thiazole rings is 1. The minimum atomic E-state index is -0.255. The summed E-state index contributed by atoms with van der Waals surface area (Å²) in [7, 11) is 1.96. The summed E-state index contributed by atoms with van der Waals surface area (Å²) in [5.41, 5.74) is 2.74. The number of benzene rings is 3. The molecular formula is C24H24N4OS2. The highest BCUT2D eigenvalue weighted by atomic mass is 32.1. The topological polar surface area (TPSA) is 49.6 Å². The number of carbonyl (C=O) groups excluding carboxylic acids is 1. The summed E-state index contributed by atoms with van der Waals surface area (Å²) in [6, 6.07) is 20.0. The number of amides is 1. The summed E-state index contributed by atoms with van der Waals surface area (Å²) >= 11 is 6.93. The van der Waals surface area contributed by atoms with E-state index in [0.717, 1.165) is 33.8 Å². The van der Waals surface area contributed by atoms with Crippen molar-refractivity contribution in [2.45, 2.75) is 13.8 Å². The number of aromatic nitrogens is 1. The molecule has 4 aromatic rings. The molecule has 1 N–H and O–H groups in total. The zero-order valence-corrected chi connectivity index (χ0v) is 19.4. The van der Waals surface area contributed by atoms with Crippen LogP contribution in [0.1, 0.15) is 24.2 Å². The fraction of sp³-hybridized carbons (Fsp3) is 0.208. The Bertz CT molecular complexity index is 1330. The molecule has 3 aromatic carbocycles. The molecule has 0 spiro atoms. The van der Waals surface area contributed by atoms with E-state index in [1.165, 1.54) is 10.8 Å². The van der Waals surface area contributed by atoms with Crippen LogP contribution in [0.15, 0.2) is 65.7 Å². The van der Waals surface area contributed by atoms with Crippen LogP contribution < -0.4 is 15.0 Å². The van der Waals surface area contributed by atoms with E-state index < -0.39 is 0 Å². The lowest BCUT2D eigenvalue weighted by Crippen LogP contribution is -2.29. The summed E-state index contributed by atoms with van der Waals surface area (Å²) in [4.78, 5) is 20.1. The molecule has 1 amide bonds. The molecule has 0 fully saturated rings. The van der Waals surface area contributed by atoms with Gasteiger partial charge in [-0.05, 0) is 61.8 Å². The van der Waals surface area contributed by atoms with E-state index in [-0.39, 0.29) is 11.0 Å². The minimum Gasteiger partial charge on any atom is -0.372 e. The second-order valence-corrected chi connectivity index (χ2v) is 8.53. The van der Waals surface area contributed by atoms with Gasteiger partial charge in [-0.2, -0.15) is 4.99 Å². The molecule has 7 heteroatoms. The number of hydrogen-bond donors (Lipinski definition) is 1. The molecule has 0 aliphatic rings. The predicted octanol–water partition coefficient (Wildman–Crippen LogP) is 4.85. The number of nitrogens with one attached hydrogen (secondary N) is 1. The monoisotopic (exact) mass is 448 g/mol. The molecule has 31 heavy (non-hydrogen) atoms. The number of carbonyl (C=O) groups is 1. The zero-order chi connectivity index (χ0) is 22.0. The average Bonchev–Trinajstić information content (AvgIpc) is 3.10. The highest BCUT2D eigenvalue weighted by molar-refractivity contribution is 7.80. The Kier molecular flexibility index (Phi) is 6.15. The first-order valence-corrected chi connectivity index (χ1v) is 11.5. The molecule has 0 atom stereocenters. The zero-order valence-electron chi connectivity index (χ0n) is 17.8. The molecule has 5 nitrogen and oxygen atoms in total. The first kappa shape index (κ1) is 21.2. The summed E-state index contributed by atoms with van der Waals surface area (Å²) in [5.74, 6) is -0.255. The van der Waals surface area contributed by atoms with Gasteiger partial charge in [0, 0.05) is 36.8 Å². The lowest BCUT2D eigenvalue weighted by atomic mass is 10.1. The van der Waals surface area contributed by atoms with E-state index in [1.807, 2.05) is 48.0 Å². The molecule has 0 saturated heterocycles. The van der Waals surface area contributed by atoms with Gasteiger partial charge in [0.25, 0.3) is 5.91 Å². The molecule has 0 unspecified atom stereocenters. The molecule has 0 saturated carbocycles. The van der Waals surface area contributed by atoms with Gasteiger partial charge in [-0.15, -0.1) is 0 Å². The van der Waals surface area contributed by atoms with Crippen molar-refractivity contribution < 1.29 is 4.79 Å². The Balaban J connectivity index is 1.58. The van der Waals surface area contributed by atoms with Crippen LogP contribution in [0.4, 0.5) is 5.69 Å². The molecular weight excluding hydrogens is 424 g/mol. The molecule has 4 rings (SSSR count).